The van der Waals surface area contributed by atoms with Crippen LogP contribution in [0.25, 0.3) is 0 Å². The number of hydrogen-bond acceptors (Lipinski definition) is 4. The van der Waals surface area contributed by atoms with E-state index in [2.05, 4.69) is 41.3 Å². The Balaban J connectivity index is 1.66. The van der Waals surface area contributed by atoms with E-state index in [0.717, 1.165) is 63.8 Å². The van der Waals surface area contributed by atoms with Gasteiger partial charge in [-0.05, 0) is 39.3 Å². The average molecular weight is 336 g/mol. The largest absolute Gasteiger partial charge is 0.469 e. The van der Waals surface area contributed by atoms with E-state index in [1.165, 1.54) is 0 Å². The quantitative estimate of drug-likeness (QED) is 0.431. The van der Waals surface area contributed by atoms with Crippen molar-refractivity contribution in [3.05, 3.63) is 24.2 Å². The van der Waals surface area contributed by atoms with Crippen molar-refractivity contribution in [3.8, 4) is 0 Å². The highest BCUT2D eigenvalue weighted by atomic mass is 16.5. The topological polar surface area (TPSA) is 62.0 Å². The van der Waals surface area contributed by atoms with Crippen LogP contribution in [0.3, 0.4) is 0 Å². The lowest BCUT2D eigenvalue weighted by molar-refractivity contribution is -0.0679. The van der Waals surface area contributed by atoms with Crippen LogP contribution in [0.2, 0.25) is 0 Å². The van der Waals surface area contributed by atoms with E-state index in [1.807, 2.05) is 12.1 Å². The van der Waals surface area contributed by atoms with E-state index in [4.69, 9.17) is 9.15 Å². The first-order valence-electron chi connectivity index (χ1n) is 9.09. The number of rotatable bonds is 8. The fraction of sp³-hybridized carbons (Fsp3) is 0.722. The van der Waals surface area contributed by atoms with Gasteiger partial charge in [-0.25, -0.2) is 0 Å². The van der Waals surface area contributed by atoms with Crippen LogP contribution < -0.4 is 10.6 Å². The van der Waals surface area contributed by atoms with Crippen LogP contribution in [0.5, 0.6) is 0 Å². The van der Waals surface area contributed by atoms with Gasteiger partial charge in [0.2, 0.25) is 0 Å². The van der Waals surface area contributed by atoms with Crippen molar-refractivity contribution < 1.29 is 9.15 Å². The lowest BCUT2D eigenvalue weighted by atomic mass is 10.2. The SMILES string of the molecule is CCNC(=NCCCN1CC(C)OC(C)C1)NCCc1ccco1. The summed E-state index contributed by atoms with van der Waals surface area (Å²) in [6.45, 7) is 12.0. The minimum Gasteiger partial charge on any atom is -0.469 e. The summed E-state index contributed by atoms with van der Waals surface area (Å²) in [5.74, 6) is 1.88. The molecule has 0 spiro atoms. The van der Waals surface area contributed by atoms with E-state index in [-0.39, 0.29) is 0 Å². The maximum absolute atomic E-state index is 5.77. The molecule has 2 heterocycles. The summed E-state index contributed by atoms with van der Waals surface area (Å²) in [6, 6.07) is 3.91. The van der Waals surface area contributed by atoms with Gasteiger partial charge < -0.3 is 19.8 Å². The van der Waals surface area contributed by atoms with Gasteiger partial charge in [0.25, 0.3) is 0 Å². The van der Waals surface area contributed by atoms with Gasteiger partial charge >= 0.3 is 0 Å². The number of furan rings is 1. The van der Waals surface area contributed by atoms with Crippen LogP contribution in [0.4, 0.5) is 0 Å². The molecular formula is C18H32N4O2. The van der Waals surface area contributed by atoms with Crippen molar-refractivity contribution in [1.82, 2.24) is 15.5 Å². The molecule has 0 amide bonds. The van der Waals surface area contributed by atoms with E-state index in [9.17, 15) is 0 Å². The molecule has 1 aliphatic heterocycles. The van der Waals surface area contributed by atoms with Crippen LogP contribution in [0.1, 0.15) is 33.0 Å². The highest BCUT2D eigenvalue weighted by molar-refractivity contribution is 5.79. The molecule has 0 saturated carbocycles. The molecule has 1 aromatic rings. The fourth-order valence-electron chi connectivity index (χ4n) is 3.05. The number of hydrogen-bond donors (Lipinski definition) is 2. The Morgan fingerprint density at radius 3 is 2.75 bits per heavy atom. The van der Waals surface area contributed by atoms with Crippen molar-refractivity contribution in [2.75, 3.05) is 39.3 Å². The molecule has 6 heteroatoms. The minimum absolute atomic E-state index is 0.331. The van der Waals surface area contributed by atoms with Gasteiger partial charge in [0.1, 0.15) is 5.76 Å². The van der Waals surface area contributed by atoms with Gasteiger partial charge in [0.05, 0.1) is 18.5 Å². The van der Waals surface area contributed by atoms with Crippen LogP contribution in [0, 0.1) is 0 Å². The zero-order valence-corrected chi connectivity index (χ0v) is 15.3. The summed E-state index contributed by atoms with van der Waals surface area (Å²) in [4.78, 5) is 7.14. The van der Waals surface area contributed by atoms with Crippen LogP contribution >= 0.6 is 0 Å². The number of nitrogens with one attached hydrogen (secondary N) is 2. The maximum Gasteiger partial charge on any atom is 0.191 e. The lowest BCUT2D eigenvalue weighted by Crippen LogP contribution is -2.45. The normalized spacial score (nSPS) is 22.5. The second-order valence-corrected chi connectivity index (χ2v) is 6.39. The second kappa shape index (κ2) is 10.4. The first-order chi connectivity index (χ1) is 11.7. The highest BCUT2D eigenvalue weighted by Crippen LogP contribution is 2.10. The fourth-order valence-corrected chi connectivity index (χ4v) is 3.05. The molecule has 0 aliphatic carbocycles. The maximum atomic E-state index is 5.77. The zero-order chi connectivity index (χ0) is 17.2. The highest BCUT2D eigenvalue weighted by Gasteiger charge is 2.21. The summed E-state index contributed by atoms with van der Waals surface area (Å²) in [5, 5.41) is 6.65. The minimum atomic E-state index is 0.331. The first kappa shape index (κ1) is 18.8. The molecule has 1 aromatic heterocycles. The Labute approximate surface area is 145 Å². The van der Waals surface area contributed by atoms with Crippen molar-refractivity contribution in [2.45, 2.75) is 45.8 Å². The summed E-state index contributed by atoms with van der Waals surface area (Å²) < 4.78 is 11.1. The molecule has 1 saturated heterocycles. The van der Waals surface area contributed by atoms with Gasteiger partial charge in [-0.3, -0.25) is 9.89 Å². The Kier molecular flexibility index (Phi) is 8.12. The lowest BCUT2D eigenvalue weighted by Gasteiger charge is -2.35. The molecule has 0 bridgehead atoms. The van der Waals surface area contributed by atoms with Crippen LogP contribution in [-0.2, 0) is 11.2 Å². The monoisotopic (exact) mass is 336 g/mol. The predicted octanol–water partition coefficient (Wildman–Crippen LogP) is 1.88. The molecule has 0 radical (unpaired) electrons. The molecule has 24 heavy (non-hydrogen) atoms. The van der Waals surface area contributed by atoms with Gasteiger partial charge in [0, 0.05) is 45.7 Å². The Bertz CT molecular complexity index is 465. The summed E-state index contributed by atoms with van der Waals surface area (Å²) in [5.41, 5.74) is 0. The van der Waals surface area contributed by atoms with E-state index in [0.29, 0.717) is 12.2 Å². The molecular weight excluding hydrogens is 304 g/mol. The molecule has 2 rings (SSSR count). The smallest absolute Gasteiger partial charge is 0.191 e. The summed E-state index contributed by atoms with van der Waals surface area (Å²) in [6.07, 6.45) is 4.30. The Hall–Kier alpha value is -1.53. The van der Waals surface area contributed by atoms with Crippen molar-refractivity contribution in [2.24, 2.45) is 4.99 Å². The molecule has 1 fully saturated rings. The zero-order valence-electron chi connectivity index (χ0n) is 15.3. The molecule has 6 nitrogen and oxygen atoms in total. The number of morpholine rings is 1. The van der Waals surface area contributed by atoms with Crippen LogP contribution in [0.15, 0.2) is 27.8 Å². The molecule has 2 N–H and O–H groups in total. The van der Waals surface area contributed by atoms with E-state index in [1.54, 1.807) is 6.26 Å². The third-order valence-electron chi connectivity index (χ3n) is 3.99. The first-order valence-corrected chi connectivity index (χ1v) is 9.09. The molecule has 2 unspecified atom stereocenters. The summed E-state index contributed by atoms with van der Waals surface area (Å²) in [7, 11) is 0. The number of nitrogens with zero attached hydrogens (tertiary/aromatic N) is 2. The van der Waals surface area contributed by atoms with Crippen molar-refractivity contribution in [3.63, 3.8) is 0 Å². The Morgan fingerprint density at radius 2 is 2.08 bits per heavy atom. The van der Waals surface area contributed by atoms with E-state index >= 15 is 0 Å². The Morgan fingerprint density at radius 1 is 1.29 bits per heavy atom. The predicted molar refractivity (Wildman–Crippen MR) is 97.5 cm³/mol. The van der Waals surface area contributed by atoms with Crippen molar-refractivity contribution >= 4 is 5.96 Å². The van der Waals surface area contributed by atoms with Crippen LogP contribution in [-0.4, -0.2) is 62.3 Å². The number of guanidine groups is 1. The molecule has 1 aliphatic rings. The average Bonchev–Trinajstić information content (AvgIpc) is 3.04. The van der Waals surface area contributed by atoms with E-state index < -0.39 is 0 Å². The van der Waals surface area contributed by atoms with Gasteiger partial charge in [0.15, 0.2) is 5.96 Å². The van der Waals surface area contributed by atoms with Gasteiger partial charge in [-0.2, -0.15) is 0 Å². The van der Waals surface area contributed by atoms with Crippen molar-refractivity contribution in [1.29, 1.82) is 0 Å². The van der Waals surface area contributed by atoms with Gasteiger partial charge in [-0.15, -0.1) is 0 Å². The molecule has 136 valence electrons. The second-order valence-electron chi connectivity index (χ2n) is 6.39. The molecule has 0 aromatic carbocycles. The number of ether oxygens (including phenoxy) is 1. The third-order valence-corrected chi connectivity index (χ3v) is 3.99. The van der Waals surface area contributed by atoms with Gasteiger partial charge in [-0.1, -0.05) is 0 Å². The summed E-state index contributed by atoms with van der Waals surface area (Å²) >= 11 is 0. The molecule has 2 atom stereocenters. The third kappa shape index (κ3) is 6.93. The standard InChI is InChI=1S/C18H32N4O2/c1-4-19-18(21-10-8-17-7-5-12-23-17)20-9-6-11-22-13-15(2)24-16(3)14-22/h5,7,12,15-16H,4,6,8-11,13-14H2,1-3H3,(H2,19,20,21). The number of aliphatic imine (C=N–C) groups is 1.